The summed E-state index contributed by atoms with van der Waals surface area (Å²) in [5.74, 6) is 0.613. The predicted molar refractivity (Wildman–Crippen MR) is 69.6 cm³/mol. The molecule has 1 saturated heterocycles. The van der Waals surface area contributed by atoms with Gasteiger partial charge < -0.3 is 14.5 Å². The largest absolute Gasteiger partial charge is 0.441 e. The monoisotopic (exact) mass is 260 g/mol. The molecule has 19 heavy (non-hydrogen) atoms. The van der Waals surface area contributed by atoms with Crippen molar-refractivity contribution in [3.05, 3.63) is 29.7 Å². The third-order valence-electron chi connectivity index (χ3n) is 3.25. The SMILES string of the molecule is Cc1nc2ccc(CNC(=O)C3CCCO3)cc2o1. The molecule has 1 aromatic heterocycles. The number of rotatable bonds is 3. The quantitative estimate of drug-likeness (QED) is 0.915. The Bertz CT molecular complexity index is 600. The zero-order chi connectivity index (χ0) is 13.2. The molecule has 1 fully saturated rings. The van der Waals surface area contributed by atoms with E-state index >= 15 is 0 Å². The molecule has 5 nitrogen and oxygen atoms in total. The summed E-state index contributed by atoms with van der Waals surface area (Å²) in [5.41, 5.74) is 2.59. The number of aryl methyl sites for hydroxylation is 1. The second-order valence-corrected chi connectivity index (χ2v) is 4.75. The summed E-state index contributed by atoms with van der Waals surface area (Å²) in [4.78, 5) is 16.1. The molecule has 1 amide bonds. The second kappa shape index (κ2) is 5.01. The number of hydrogen-bond acceptors (Lipinski definition) is 4. The lowest BCUT2D eigenvalue weighted by molar-refractivity contribution is -0.130. The molecule has 1 aromatic carbocycles. The van der Waals surface area contributed by atoms with Crippen LogP contribution in [0.5, 0.6) is 0 Å². The topological polar surface area (TPSA) is 64.4 Å². The first-order valence-electron chi connectivity index (χ1n) is 6.48. The molecule has 2 heterocycles. The standard InChI is InChI=1S/C14H16N2O3/c1-9-16-11-5-4-10(7-13(11)19-9)8-15-14(17)12-3-2-6-18-12/h4-5,7,12H,2-3,6,8H2,1H3,(H,15,17). The molecule has 1 unspecified atom stereocenters. The van der Waals surface area contributed by atoms with E-state index in [1.54, 1.807) is 0 Å². The molecule has 3 rings (SSSR count). The van der Waals surface area contributed by atoms with Gasteiger partial charge in [-0.1, -0.05) is 6.07 Å². The van der Waals surface area contributed by atoms with Gasteiger partial charge in [-0.3, -0.25) is 4.79 Å². The van der Waals surface area contributed by atoms with Gasteiger partial charge in [-0.25, -0.2) is 4.98 Å². The number of benzene rings is 1. The normalized spacial score (nSPS) is 18.9. The minimum Gasteiger partial charge on any atom is -0.441 e. The van der Waals surface area contributed by atoms with E-state index in [0.29, 0.717) is 19.0 Å². The highest BCUT2D eigenvalue weighted by atomic mass is 16.5. The fourth-order valence-corrected chi connectivity index (χ4v) is 2.28. The van der Waals surface area contributed by atoms with E-state index in [4.69, 9.17) is 9.15 Å². The van der Waals surface area contributed by atoms with E-state index in [2.05, 4.69) is 10.3 Å². The number of oxazole rings is 1. The number of aromatic nitrogens is 1. The minimum absolute atomic E-state index is 0.0358. The Morgan fingerprint density at radius 2 is 2.42 bits per heavy atom. The summed E-state index contributed by atoms with van der Waals surface area (Å²) >= 11 is 0. The summed E-state index contributed by atoms with van der Waals surface area (Å²) in [6, 6.07) is 5.75. The van der Waals surface area contributed by atoms with Crippen molar-refractivity contribution >= 4 is 17.0 Å². The van der Waals surface area contributed by atoms with Crippen molar-refractivity contribution < 1.29 is 13.9 Å². The highest BCUT2D eigenvalue weighted by molar-refractivity contribution is 5.81. The highest BCUT2D eigenvalue weighted by Gasteiger charge is 2.22. The number of carbonyl (C=O) groups is 1. The van der Waals surface area contributed by atoms with Gasteiger partial charge in [0.2, 0.25) is 5.91 Å². The van der Waals surface area contributed by atoms with Crippen LogP contribution >= 0.6 is 0 Å². The van der Waals surface area contributed by atoms with Gasteiger partial charge in [-0.2, -0.15) is 0 Å². The molecule has 0 radical (unpaired) electrons. The van der Waals surface area contributed by atoms with Gasteiger partial charge in [0, 0.05) is 20.1 Å². The summed E-state index contributed by atoms with van der Waals surface area (Å²) in [6.07, 6.45) is 1.49. The van der Waals surface area contributed by atoms with Gasteiger partial charge in [0.1, 0.15) is 11.6 Å². The van der Waals surface area contributed by atoms with Gasteiger partial charge in [-0.15, -0.1) is 0 Å². The van der Waals surface area contributed by atoms with E-state index < -0.39 is 0 Å². The van der Waals surface area contributed by atoms with Crippen molar-refractivity contribution in [1.29, 1.82) is 0 Å². The number of fused-ring (bicyclic) bond motifs is 1. The zero-order valence-electron chi connectivity index (χ0n) is 10.8. The average molecular weight is 260 g/mol. The highest BCUT2D eigenvalue weighted by Crippen LogP contribution is 2.17. The Balaban J connectivity index is 1.65. The summed E-state index contributed by atoms with van der Waals surface area (Å²) in [6.45, 7) is 2.98. The number of ether oxygens (including phenoxy) is 1. The van der Waals surface area contributed by atoms with Crippen LogP contribution in [-0.2, 0) is 16.1 Å². The lowest BCUT2D eigenvalue weighted by Gasteiger charge is -2.10. The van der Waals surface area contributed by atoms with Crippen LogP contribution in [0.25, 0.3) is 11.1 Å². The maximum atomic E-state index is 11.8. The van der Waals surface area contributed by atoms with Crippen LogP contribution in [0.3, 0.4) is 0 Å². The van der Waals surface area contributed by atoms with Gasteiger partial charge in [0.05, 0.1) is 0 Å². The fourth-order valence-electron chi connectivity index (χ4n) is 2.28. The van der Waals surface area contributed by atoms with Crippen molar-refractivity contribution in [1.82, 2.24) is 10.3 Å². The van der Waals surface area contributed by atoms with Gasteiger partial charge in [-0.05, 0) is 30.5 Å². The van der Waals surface area contributed by atoms with E-state index in [1.165, 1.54) is 0 Å². The van der Waals surface area contributed by atoms with E-state index in [9.17, 15) is 4.79 Å². The Hall–Kier alpha value is -1.88. The lowest BCUT2D eigenvalue weighted by Crippen LogP contribution is -2.33. The first kappa shape index (κ1) is 12.2. The number of hydrogen-bond donors (Lipinski definition) is 1. The Labute approximate surface area is 111 Å². The van der Waals surface area contributed by atoms with Crippen LogP contribution in [0, 0.1) is 6.92 Å². The van der Waals surface area contributed by atoms with Crippen molar-refractivity contribution in [3.63, 3.8) is 0 Å². The number of carbonyl (C=O) groups excluding carboxylic acids is 1. The van der Waals surface area contributed by atoms with Crippen molar-refractivity contribution in [2.75, 3.05) is 6.61 Å². The molecule has 1 N–H and O–H groups in total. The molecule has 100 valence electrons. The van der Waals surface area contributed by atoms with Crippen LogP contribution < -0.4 is 5.32 Å². The van der Waals surface area contributed by atoms with Gasteiger partial charge in [0.25, 0.3) is 0 Å². The van der Waals surface area contributed by atoms with E-state index in [0.717, 1.165) is 29.5 Å². The molecule has 1 aliphatic heterocycles. The number of nitrogens with one attached hydrogen (secondary N) is 1. The lowest BCUT2D eigenvalue weighted by atomic mass is 10.2. The van der Waals surface area contributed by atoms with Crippen LogP contribution in [0.1, 0.15) is 24.3 Å². The maximum Gasteiger partial charge on any atom is 0.249 e. The Morgan fingerprint density at radius 3 is 3.21 bits per heavy atom. The third kappa shape index (κ3) is 2.61. The molecular weight excluding hydrogens is 244 g/mol. The molecule has 1 atom stereocenters. The third-order valence-corrected chi connectivity index (χ3v) is 3.25. The maximum absolute atomic E-state index is 11.8. The smallest absolute Gasteiger partial charge is 0.249 e. The molecule has 5 heteroatoms. The summed E-state index contributed by atoms with van der Waals surface area (Å²) in [5, 5.41) is 2.89. The Kier molecular flexibility index (Phi) is 3.21. The first-order chi connectivity index (χ1) is 9.22. The number of amides is 1. The van der Waals surface area contributed by atoms with Gasteiger partial charge in [0.15, 0.2) is 11.5 Å². The molecule has 2 aromatic rings. The first-order valence-corrected chi connectivity index (χ1v) is 6.48. The Morgan fingerprint density at radius 1 is 1.53 bits per heavy atom. The molecule has 0 bridgehead atoms. The van der Waals surface area contributed by atoms with Crippen LogP contribution in [0.2, 0.25) is 0 Å². The molecule has 0 saturated carbocycles. The fraction of sp³-hybridized carbons (Fsp3) is 0.429. The van der Waals surface area contributed by atoms with Gasteiger partial charge >= 0.3 is 0 Å². The summed E-state index contributed by atoms with van der Waals surface area (Å²) < 4.78 is 10.8. The molecule has 1 aliphatic rings. The number of nitrogens with zero attached hydrogens (tertiary/aromatic N) is 1. The van der Waals surface area contributed by atoms with E-state index in [1.807, 2.05) is 25.1 Å². The van der Waals surface area contributed by atoms with Crippen molar-refractivity contribution in [2.45, 2.75) is 32.4 Å². The van der Waals surface area contributed by atoms with E-state index in [-0.39, 0.29) is 12.0 Å². The molecule has 0 spiro atoms. The molecule has 0 aliphatic carbocycles. The van der Waals surface area contributed by atoms with Crippen LogP contribution in [0.4, 0.5) is 0 Å². The van der Waals surface area contributed by atoms with Crippen LogP contribution in [-0.4, -0.2) is 23.6 Å². The second-order valence-electron chi connectivity index (χ2n) is 4.75. The molecular formula is C14H16N2O3. The zero-order valence-corrected chi connectivity index (χ0v) is 10.8. The average Bonchev–Trinajstić information content (AvgIpc) is 3.03. The van der Waals surface area contributed by atoms with Crippen molar-refractivity contribution in [3.8, 4) is 0 Å². The van der Waals surface area contributed by atoms with Crippen LogP contribution in [0.15, 0.2) is 22.6 Å². The van der Waals surface area contributed by atoms with Crippen molar-refractivity contribution in [2.24, 2.45) is 0 Å². The predicted octanol–water partition coefficient (Wildman–Crippen LogP) is 1.93. The minimum atomic E-state index is -0.281. The summed E-state index contributed by atoms with van der Waals surface area (Å²) in [7, 11) is 0.